The number of hydrogen-bond acceptors (Lipinski definition) is 4. The van der Waals surface area contributed by atoms with E-state index in [0.717, 1.165) is 11.1 Å². The van der Waals surface area contributed by atoms with Crippen LogP contribution in [0.3, 0.4) is 0 Å². The van der Waals surface area contributed by atoms with Gasteiger partial charge in [0.2, 0.25) is 23.6 Å². The highest BCUT2D eigenvalue weighted by Gasteiger charge is 2.34. The molecule has 0 radical (unpaired) electrons. The van der Waals surface area contributed by atoms with Gasteiger partial charge in [0.05, 0.1) is 0 Å². The maximum absolute atomic E-state index is 13.4. The summed E-state index contributed by atoms with van der Waals surface area (Å²) in [5.41, 5.74) is 12.7. The molecule has 8 nitrogen and oxygen atoms in total. The van der Waals surface area contributed by atoms with Crippen LogP contribution in [0.5, 0.6) is 0 Å². The summed E-state index contributed by atoms with van der Waals surface area (Å²) in [7, 11) is 0. The lowest BCUT2D eigenvalue weighted by atomic mass is 9.80. The molecule has 36 heavy (non-hydrogen) atoms. The summed E-state index contributed by atoms with van der Waals surface area (Å²) in [5.74, 6) is -1.27. The van der Waals surface area contributed by atoms with Gasteiger partial charge in [0.1, 0.15) is 0 Å². The predicted molar refractivity (Wildman–Crippen MR) is 137 cm³/mol. The molecule has 0 aromatic heterocycles. The van der Waals surface area contributed by atoms with Crippen molar-refractivity contribution < 1.29 is 19.2 Å². The minimum atomic E-state index is -0.440. The molecular formula is C28H36N4O4. The average Bonchev–Trinajstić information content (AvgIpc) is 2.89. The van der Waals surface area contributed by atoms with Crippen LogP contribution in [0.4, 0.5) is 0 Å². The number of carbonyl (C=O) groups excluding carboxylic acids is 4. The normalized spacial score (nSPS) is 17.2. The fourth-order valence-electron chi connectivity index (χ4n) is 4.74. The Balaban J connectivity index is 1.62. The Kier molecular flexibility index (Phi) is 10.0. The third-order valence-electron chi connectivity index (χ3n) is 6.74. The van der Waals surface area contributed by atoms with E-state index in [9.17, 15) is 19.2 Å². The number of carbonyl (C=O) groups is 4. The molecule has 1 aliphatic carbocycles. The maximum atomic E-state index is 13.4. The van der Waals surface area contributed by atoms with Gasteiger partial charge in [-0.1, -0.05) is 60.7 Å². The van der Waals surface area contributed by atoms with E-state index >= 15 is 0 Å². The molecular weight excluding hydrogens is 456 g/mol. The SMILES string of the molecule is NC(=O)CCN(Cc1ccccc1)C(=O)C1CCC(C(=O)N(CCC(N)=O)Cc2ccccc2)CC1. The maximum Gasteiger partial charge on any atom is 0.225 e. The van der Waals surface area contributed by atoms with Crippen molar-refractivity contribution in [1.29, 1.82) is 0 Å². The molecule has 4 amide bonds. The molecule has 0 aliphatic heterocycles. The van der Waals surface area contributed by atoms with Crippen LogP contribution in [0, 0.1) is 11.8 Å². The van der Waals surface area contributed by atoms with Gasteiger partial charge in [0.15, 0.2) is 0 Å². The van der Waals surface area contributed by atoms with E-state index in [-0.39, 0.29) is 49.6 Å². The van der Waals surface area contributed by atoms with Crippen molar-refractivity contribution in [3.05, 3.63) is 71.8 Å². The lowest BCUT2D eigenvalue weighted by Crippen LogP contribution is -2.42. The standard InChI is InChI=1S/C28H36N4O4/c29-25(33)15-17-31(19-21-7-3-1-4-8-21)27(35)23-11-13-24(14-12-23)28(36)32(18-16-26(30)34)20-22-9-5-2-6-10-22/h1-10,23-24H,11-20H2,(H2,29,33)(H2,30,34). The summed E-state index contributed by atoms with van der Waals surface area (Å²) in [6.07, 6.45) is 2.64. The zero-order chi connectivity index (χ0) is 25.9. The molecule has 1 aliphatic rings. The van der Waals surface area contributed by atoms with Gasteiger partial charge >= 0.3 is 0 Å². The van der Waals surface area contributed by atoms with Crippen LogP contribution in [0.2, 0.25) is 0 Å². The van der Waals surface area contributed by atoms with Crippen molar-refractivity contribution in [2.45, 2.75) is 51.6 Å². The van der Waals surface area contributed by atoms with Gasteiger partial charge in [-0.25, -0.2) is 0 Å². The molecule has 2 aromatic rings. The van der Waals surface area contributed by atoms with Crippen LogP contribution >= 0.6 is 0 Å². The van der Waals surface area contributed by atoms with Crippen molar-refractivity contribution >= 4 is 23.6 Å². The topological polar surface area (TPSA) is 127 Å². The Morgan fingerprint density at radius 1 is 0.611 bits per heavy atom. The van der Waals surface area contributed by atoms with Crippen molar-refractivity contribution in [3.63, 3.8) is 0 Å². The van der Waals surface area contributed by atoms with Crippen molar-refractivity contribution in [2.75, 3.05) is 13.1 Å². The molecule has 0 saturated heterocycles. The van der Waals surface area contributed by atoms with Gasteiger partial charge in [-0.15, -0.1) is 0 Å². The second-order valence-electron chi connectivity index (χ2n) is 9.47. The average molecular weight is 493 g/mol. The molecule has 3 rings (SSSR count). The van der Waals surface area contributed by atoms with Gasteiger partial charge in [0.25, 0.3) is 0 Å². The Bertz CT molecular complexity index is 937. The number of nitrogens with zero attached hydrogens (tertiary/aromatic N) is 2. The summed E-state index contributed by atoms with van der Waals surface area (Å²) in [6, 6.07) is 19.3. The molecule has 0 heterocycles. The molecule has 0 spiro atoms. The Labute approximate surface area is 212 Å². The fraction of sp³-hybridized carbons (Fsp3) is 0.429. The predicted octanol–water partition coefficient (Wildman–Crippen LogP) is 2.60. The highest BCUT2D eigenvalue weighted by Crippen LogP contribution is 2.32. The minimum Gasteiger partial charge on any atom is -0.370 e. The Morgan fingerprint density at radius 2 is 0.944 bits per heavy atom. The number of amides is 4. The summed E-state index contributed by atoms with van der Waals surface area (Å²) in [4.78, 5) is 52.9. The van der Waals surface area contributed by atoms with Gasteiger partial charge in [-0.2, -0.15) is 0 Å². The zero-order valence-electron chi connectivity index (χ0n) is 20.7. The summed E-state index contributed by atoms with van der Waals surface area (Å²) in [5, 5.41) is 0. The zero-order valence-corrected chi connectivity index (χ0v) is 20.7. The van der Waals surface area contributed by atoms with Crippen LogP contribution in [-0.4, -0.2) is 46.5 Å². The molecule has 2 aromatic carbocycles. The van der Waals surface area contributed by atoms with Crippen LogP contribution in [0.1, 0.15) is 49.7 Å². The first-order valence-corrected chi connectivity index (χ1v) is 12.6. The highest BCUT2D eigenvalue weighted by molar-refractivity contribution is 5.82. The Hall–Kier alpha value is -3.68. The van der Waals surface area contributed by atoms with Crippen molar-refractivity contribution in [1.82, 2.24) is 9.80 Å². The van der Waals surface area contributed by atoms with E-state index in [2.05, 4.69) is 0 Å². The number of rotatable bonds is 12. The van der Waals surface area contributed by atoms with Gasteiger partial charge in [0, 0.05) is 50.9 Å². The molecule has 0 atom stereocenters. The smallest absolute Gasteiger partial charge is 0.225 e. The van der Waals surface area contributed by atoms with Crippen molar-refractivity contribution in [3.8, 4) is 0 Å². The van der Waals surface area contributed by atoms with Crippen LogP contribution in [0.15, 0.2) is 60.7 Å². The minimum absolute atomic E-state index is 0.000808. The number of primary amides is 2. The summed E-state index contributed by atoms with van der Waals surface area (Å²) in [6.45, 7) is 1.40. The van der Waals surface area contributed by atoms with E-state index in [1.54, 1.807) is 9.80 Å². The lowest BCUT2D eigenvalue weighted by Gasteiger charge is -2.34. The van der Waals surface area contributed by atoms with Crippen LogP contribution in [-0.2, 0) is 32.3 Å². The first-order chi connectivity index (χ1) is 17.3. The quantitative estimate of drug-likeness (QED) is 0.472. The van der Waals surface area contributed by atoms with Crippen molar-refractivity contribution in [2.24, 2.45) is 23.3 Å². The summed E-state index contributed by atoms with van der Waals surface area (Å²) < 4.78 is 0. The second-order valence-corrected chi connectivity index (χ2v) is 9.47. The van der Waals surface area contributed by atoms with E-state index in [4.69, 9.17) is 11.5 Å². The number of benzene rings is 2. The molecule has 1 fully saturated rings. The molecule has 192 valence electrons. The van der Waals surface area contributed by atoms with E-state index in [1.807, 2.05) is 60.7 Å². The lowest BCUT2D eigenvalue weighted by molar-refractivity contribution is -0.142. The highest BCUT2D eigenvalue weighted by atomic mass is 16.2. The Morgan fingerprint density at radius 3 is 1.25 bits per heavy atom. The van der Waals surface area contributed by atoms with Gasteiger partial charge in [-0.05, 0) is 36.8 Å². The largest absolute Gasteiger partial charge is 0.370 e. The summed E-state index contributed by atoms with van der Waals surface area (Å²) >= 11 is 0. The third kappa shape index (κ3) is 8.22. The first-order valence-electron chi connectivity index (χ1n) is 12.6. The number of nitrogens with two attached hydrogens (primary N) is 2. The monoisotopic (exact) mass is 492 g/mol. The fourth-order valence-corrected chi connectivity index (χ4v) is 4.74. The molecule has 4 N–H and O–H groups in total. The van der Waals surface area contributed by atoms with Gasteiger partial charge in [-0.3, -0.25) is 19.2 Å². The molecule has 0 bridgehead atoms. The van der Waals surface area contributed by atoms with Crippen LogP contribution < -0.4 is 11.5 Å². The molecule has 0 unspecified atom stereocenters. The second kappa shape index (κ2) is 13.4. The van der Waals surface area contributed by atoms with E-state index in [1.165, 1.54) is 0 Å². The van der Waals surface area contributed by atoms with E-state index in [0.29, 0.717) is 38.8 Å². The van der Waals surface area contributed by atoms with Gasteiger partial charge < -0.3 is 21.3 Å². The third-order valence-corrected chi connectivity index (χ3v) is 6.74. The first kappa shape index (κ1) is 26.9. The molecule has 1 saturated carbocycles. The van der Waals surface area contributed by atoms with Crippen LogP contribution in [0.25, 0.3) is 0 Å². The number of hydrogen-bond donors (Lipinski definition) is 2. The van der Waals surface area contributed by atoms with E-state index < -0.39 is 11.8 Å². The molecule has 8 heteroatoms.